The first kappa shape index (κ1) is 16.3. The van der Waals surface area contributed by atoms with Gasteiger partial charge in [-0.05, 0) is 57.2 Å². The summed E-state index contributed by atoms with van der Waals surface area (Å²) in [6, 6.07) is 5.41. The van der Waals surface area contributed by atoms with Gasteiger partial charge in [0.25, 0.3) is 0 Å². The highest BCUT2D eigenvalue weighted by Gasteiger charge is 2.24. The molecule has 2 rings (SSSR count). The number of benzene rings is 1. The van der Waals surface area contributed by atoms with Crippen molar-refractivity contribution in [2.24, 2.45) is 0 Å². The minimum Gasteiger partial charge on any atom is -0.384 e. The molecule has 1 aromatic rings. The molecular formula is C15H25N3O2S. The van der Waals surface area contributed by atoms with Crippen molar-refractivity contribution in [1.82, 2.24) is 9.21 Å². The molecule has 0 amide bonds. The maximum atomic E-state index is 12.7. The second-order valence-corrected chi connectivity index (χ2v) is 7.59. The van der Waals surface area contributed by atoms with Gasteiger partial charge in [0, 0.05) is 25.3 Å². The molecular weight excluding hydrogens is 286 g/mol. The van der Waals surface area contributed by atoms with Gasteiger partial charge in [-0.3, -0.25) is 0 Å². The number of fused-ring (bicyclic) bond motifs is 1. The SMILES string of the molecule is CCN(CCCN(C)C)S(=O)(=O)c1ccc2c(c1)CCN2. The lowest BCUT2D eigenvalue weighted by molar-refractivity contribution is 0.356. The molecule has 0 aromatic heterocycles. The van der Waals surface area contributed by atoms with Gasteiger partial charge in [0.1, 0.15) is 0 Å². The lowest BCUT2D eigenvalue weighted by Gasteiger charge is -2.21. The van der Waals surface area contributed by atoms with Crippen LogP contribution in [0.25, 0.3) is 0 Å². The molecule has 0 unspecified atom stereocenters. The summed E-state index contributed by atoms with van der Waals surface area (Å²) in [4.78, 5) is 2.48. The summed E-state index contributed by atoms with van der Waals surface area (Å²) < 4.78 is 27.0. The maximum Gasteiger partial charge on any atom is 0.243 e. The predicted molar refractivity (Wildman–Crippen MR) is 86.2 cm³/mol. The van der Waals surface area contributed by atoms with Gasteiger partial charge in [0.05, 0.1) is 4.90 Å². The Bertz CT molecular complexity index is 585. The van der Waals surface area contributed by atoms with E-state index in [1.54, 1.807) is 10.4 Å². The smallest absolute Gasteiger partial charge is 0.243 e. The van der Waals surface area contributed by atoms with E-state index >= 15 is 0 Å². The van der Waals surface area contributed by atoms with Gasteiger partial charge in [-0.25, -0.2) is 8.42 Å². The summed E-state index contributed by atoms with van der Waals surface area (Å²) in [6.07, 6.45) is 1.73. The minimum atomic E-state index is -3.38. The fraction of sp³-hybridized carbons (Fsp3) is 0.600. The average Bonchev–Trinajstić information content (AvgIpc) is 2.90. The van der Waals surface area contributed by atoms with Crippen LogP contribution in [-0.2, 0) is 16.4 Å². The van der Waals surface area contributed by atoms with E-state index in [1.165, 1.54) is 0 Å². The summed E-state index contributed by atoms with van der Waals surface area (Å²) >= 11 is 0. The molecule has 1 aliphatic heterocycles. The first-order valence-corrected chi connectivity index (χ1v) is 8.91. The van der Waals surface area contributed by atoms with Crippen molar-refractivity contribution in [2.75, 3.05) is 45.6 Å². The molecule has 118 valence electrons. The molecule has 1 N–H and O–H groups in total. The monoisotopic (exact) mass is 311 g/mol. The van der Waals surface area contributed by atoms with Crippen molar-refractivity contribution in [1.29, 1.82) is 0 Å². The maximum absolute atomic E-state index is 12.7. The van der Waals surface area contributed by atoms with Crippen molar-refractivity contribution in [3.8, 4) is 0 Å². The number of hydrogen-bond acceptors (Lipinski definition) is 4. The summed E-state index contributed by atoms with van der Waals surface area (Å²) in [5, 5.41) is 3.25. The summed E-state index contributed by atoms with van der Waals surface area (Å²) in [5.41, 5.74) is 2.16. The molecule has 0 saturated carbocycles. The van der Waals surface area contributed by atoms with Crippen molar-refractivity contribution >= 4 is 15.7 Å². The molecule has 0 saturated heterocycles. The fourth-order valence-corrected chi connectivity index (χ4v) is 4.14. The molecule has 0 bridgehead atoms. The van der Waals surface area contributed by atoms with Gasteiger partial charge >= 0.3 is 0 Å². The molecule has 0 atom stereocenters. The van der Waals surface area contributed by atoms with E-state index in [0.717, 1.165) is 37.2 Å². The highest BCUT2D eigenvalue weighted by molar-refractivity contribution is 7.89. The molecule has 1 heterocycles. The van der Waals surface area contributed by atoms with Crippen molar-refractivity contribution in [2.45, 2.75) is 24.7 Å². The van der Waals surface area contributed by atoms with Gasteiger partial charge in [0.15, 0.2) is 0 Å². The molecule has 21 heavy (non-hydrogen) atoms. The first-order valence-electron chi connectivity index (χ1n) is 7.47. The normalized spacial score (nSPS) is 14.5. The fourth-order valence-electron chi connectivity index (χ4n) is 2.60. The van der Waals surface area contributed by atoms with Crippen LogP contribution in [-0.4, -0.2) is 57.9 Å². The molecule has 1 aromatic carbocycles. The number of anilines is 1. The number of rotatable bonds is 7. The highest BCUT2D eigenvalue weighted by Crippen LogP contribution is 2.26. The zero-order valence-corrected chi connectivity index (χ0v) is 13.9. The van der Waals surface area contributed by atoms with E-state index in [9.17, 15) is 8.42 Å². The Kier molecular flexibility index (Phi) is 5.24. The lowest BCUT2D eigenvalue weighted by Crippen LogP contribution is -2.33. The van der Waals surface area contributed by atoms with Crippen molar-refractivity contribution in [3.05, 3.63) is 23.8 Å². The average molecular weight is 311 g/mol. The van der Waals surface area contributed by atoms with E-state index in [-0.39, 0.29) is 0 Å². The quantitative estimate of drug-likeness (QED) is 0.831. The van der Waals surface area contributed by atoms with Crippen LogP contribution >= 0.6 is 0 Å². The summed E-state index contributed by atoms with van der Waals surface area (Å²) in [7, 11) is 0.613. The Balaban J connectivity index is 2.15. The first-order chi connectivity index (χ1) is 9.95. The molecule has 0 fully saturated rings. The Hall–Kier alpha value is -1.11. The van der Waals surface area contributed by atoms with E-state index in [2.05, 4.69) is 10.2 Å². The summed E-state index contributed by atoms with van der Waals surface area (Å²) in [5.74, 6) is 0. The summed E-state index contributed by atoms with van der Waals surface area (Å²) in [6.45, 7) is 4.73. The third-order valence-electron chi connectivity index (χ3n) is 3.79. The Morgan fingerprint density at radius 3 is 2.67 bits per heavy atom. The Morgan fingerprint density at radius 2 is 2.00 bits per heavy atom. The van der Waals surface area contributed by atoms with E-state index in [0.29, 0.717) is 18.0 Å². The Labute approximate surface area is 128 Å². The van der Waals surface area contributed by atoms with Gasteiger partial charge in [-0.1, -0.05) is 6.92 Å². The van der Waals surface area contributed by atoms with E-state index in [1.807, 2.05) is 33.2 Å². The lowest BCUT2D eigenvalue weighted by atomic mass is 10.2. The number of sulfonamides is 1. The van der Waals surface area contributed by atoms with Crippen molar-refractivity contribution in [3.63, 3.8) is 0 Å². The third kappa shape index (κ3) is 3.75. The van der Waals surface area contributed by atoms with Gasteiger partial charge in [0.2, 0.25) is 10.0 Å². The van der Waals surface area contributed by atoms with Gasteiger partial charge < -0.3 is 10.2 Å². The molecule has 1 aliphatic rings. The zero-order chi connectivity index (χ0) is 15.5. The molecule has 0 aliphatic carbocycles. The van der Waals surface area contributed by atoms with Crippen LogP contribution in [0.4, 0.5) is 5.69 Å². The van der Waals surface area contributed by atoms with Crippen molar-refractivity contribution < 1.29 is 8.42 Å². The predicted octanol–water partition coefficient (Wildman–Crippen LogP) is 1.62. The third-order valence-corrected chi connectivity index (χ3v) is 5.76. The molecule has 5 nitrogen and oxygen atoms in total. The number of nitrogens with one attached hydrogen (secondary N) is 1. The standard InChI is InChI=1S/C15H25N3O2S/c1-4-18(11-5-10-17(2)3)21(19,20)14-6-7-15-13(12-14)8-9-16-15/h6-7,12,16H,4-5,8-11H2,1-3H3. The Morgan fingerprint density at radius 1 is 1.24 bits per heavy atom. The van der Waals surface area contributed by atoms with Crippen LogP contribution in [0.5, 0.6) is 0 Å². The van der Waals surface area contributed by atoms with E-state index < -0.39 is 10.0 Å². The minimum absolute atomic E-state index is 0.414. The van der Waals surface area contributed by atoms with Crippen LogP contribution in [0.1, 0.15) is 18.9 Å². The largest absolute Gasteiger partial charge is 0.384 e. The molecule has 0 spiro atoms. The van der Waals surface area contributed by atoms with Crippen LogP contribution in [0.2, 0.25) is 0 Å². The van der Waals surface area contributed by atoms with E-state index in [4.69, 9.17) is 0 Å². The second-order valence-electron chi connectivity index (χ2n) is 5.65. The zero-order valence-electron chi connectivity index (χ0n) is 13.1. The van der Waals surface area contributed by atoms with Crippen LogP contribution in [0, 0.1) is 0 Å². The highest BCUT2D eigenvalue weighted by atomic mass is 32.2. The van der Waals surface area contributed by atoms with Crippen LogP contribution in [0.15, 0.2) is 23.1 Å². The molecule has 6 heteroatoms. The second kappa shape index (κ2) is 6.77. The molecule has 0 radical (unpaired) electrons. The van der Waals surface area contributed by atoms with Crippen LogP contribution in [0.3, 0.4) is 0 Å². The number of hydrogen-bond donors (Lipinski definition) is 1. The van der Waals surface area contributed by atoms with Gasteiger partial charge in [-0.15, -0.1) is 0 Å². The van der Waals surface area contributed by atoms with Gasteiger partial charge in [-0.2, -0.15) is 4.31 Å². The topological polar surface area (TPSA) is 52.7 Å². The van der Waals surface area contributed by atoms with Crippen LogP contribution < -0.4 is 5.32 Å². The number of nitrogens with zero attached hydrogens (tertiary/aromatic N) is 2.